The maximum absolute atomic E-state index is 11.3. The molecule has 0 rings (SSSR count). The molecule has 0 unspecified atom stereocenters. The summed E-state index contributed by atoms with van der Waals surface area (Å²) < 4.78 is 4.16. The van der Waals surface area contributed by atoms with Crippen LogP contribution in [-0.2, 0) is 34.4 Å². The monoisotopic (exact) mass is 562 g/mol. The van der Waals surface area contributed by atoms with Gasteiger partial charge in [0.25, 0.3) is 0 Å². The fourth-order valence-electron chi connectivity index (χ4n) is 4.28. The zero-order valence-corrected chi connectivity index (χ0v) is 25.1. The standard InChI is InChI=1S/C30H58O9/c1-3-5-7-9-11-13-15-17-19-21-23-25-27-33-38-36-29(31)35-30(32)37-39-34-28-26-24-22-20-18-16-14-12-10-8-6-4-2/h3-28H2,1-2H3. The van der Waals surface area contributed by atoms with Crippen LogP contribution in [0, 0.1) is 0 Å². The highest BCUT2D eigenvalue weighted by Gasteiger charge is 2.16. The number of carbonyl (C=O) groups is 2. The first-order valence-electron chi connectivity index (χ1n) is 15.9. The minimum atomic E-state index is -1.43. The summed E-state index contributed by atoms with van der Waals surface area (Å²) in [7, 11) is 0. The number of ether oxygens (including phenoxy) is 1. The van der Waals surface area contributed by atoms with Crippen molar-refractivity contribution in [2.75, 3.05) is 13.2 Å². The van der Waals surface area contributed by atoms with Crippen LogP contribution in [0.1, 0.15) is 168 Å². The lowest BCUT2D eigenvalue weighted by molar-refractivity contribution is -0.493. The van der Waals surface area contributed by atoms with Crippen LogP contribution in [0.4, 0.5) is 9.59 Å². The van der Waals surface area contributed by atoms with E-state index in [0.717, 1.165) is 38.5 Å². The number of hydrogen-bond donors (Lipinski definition) is 0. The van der Waals surface area contributed by atoms with Gasteiger partial charge in [0.2, 0.25) is 0 Å². The Hall–Kier alpha value is -1.42. The molecule has 232 valence electrons. The summed E-state index contributed by atoms with van der Waals surface area (Å²) in [6.07, 6.45) is 26.7. The summed E-state index contributed by atoms with van der Waals surface area (Å²) in [5, 5.41) is 8.55. The third kappa shape index (κ3) is 32.7. The molecule has 0 amide bonds. The predicted octanol–water partition coefficient (Wildman–Crippen LogP) is 10.4. The van der Waals surface area contributed by atoms with Crippen LogP contribution in [0.5, 0.6) is 0 Å². The van der Waals surface area contributed by atoms with Crippen molar-refractivity contribution in [3.63, 3.8) is 0 Å². The Bertz CT molecular complexity index is 473. The van der Waals surface area contributed by atoms with E-state index in [1.54, 1.807) is 0 Å². The first-order valence-corrected chi connectivity index (χ1v) is 15.9. The molecule has 0 aliphatic carbocycles. The Morgan fingerprint density at radius 1 is 0.385 bits per heavy atom. The largest absolute Gasteiger partial charge is 0.553 e. The fraction of sp³-hybridized carbons (Fsp3) is 0.933. The SMILES string of the molecule is CCCCCCCCCCCCCCOOOC(=O)OC(=O)OOOCCCCCCCCCCCCCC. The maximum atomic E-state index is 11.3. The van der Waals surface area contributed by atoms with Gasteiger partial charge >= 0.3 is 12.3 Å². The van der Waals surface area contributed by atoms with Crippen molar-refractivity contribution >= 4 is 12.3 Å². The van der Waals surface area contributed by atoms with Gasteiger partial charge in [0, 0.05) is 0 Å². The van der Waals surface area contributed by atoms with Gasteiger partial charge in [-0.05, 0) is 22.9 Å². The lowest BCUT2D eigenvalue weighted by atomic mass is 10.1. The molecule has 0 saturated carbocycles. The molecule has 0 aromatic carbocycles. The summed E-state index contributed by atoms with van der Waals surface area (Å²) in [4.78, 5) is 40.4. The van der Waals surface area contributed by atoms with Crippen molar-refractivity contribution < 1.29 is 44.0 Å². The van der Waals surface area contributed by atoms with E-state index in [4.69, 9.17) is 9.78 Å². The summed E-state index contributed by atoms with van der Waals surface area (Å²) in [6.45, 7) is 5.02. The maximum Gasteiger partial charge on any atom is 0.553 e. The van der Waals surface area contributed by atoms with Crippen molar-refractivity contribution in [3.8, 4) is 0 Å². The molecule has 0 fully saturated rings. The van der Waals surface area contributed by atoms with Crippen LogP contribution in [0.25, 0.3) is 0 Å². The van der Waals surface area contributed by atoms with Crippen molar-refractivity contribution in [3.05, 3.63) is 0 Å². The third-order valence-electron chi connectivity index (χ3n) is 6.63. The van der Waals surface area contributed by atoms with E-state index in [1.165, 1.54) is 116 Å². The van der Waals surface area contributed by atoms with Gasteiger partial charge < -0.3 is 4.74 Å². The van der Waals surface area contributed by atoms with E-state index in [1.807, 2.05) is 0 Å². The van der Waals surface area contributed by atoms with Crippen LogP contribution in [-0.4, -0.2) is 25.5 Å². The molecule has 39 heavy (non-hydrogen) atoms. The number of rotatable bonds is 30. The Balaban J connectivity index is 3.27. The summed E-state index contributed by atoms with van der Waals surface area (Å²) >= 11 is 0. The van der Waals surface area contributed by atoms with Crippen LogP contribution < -0.4 is 0 Å². The zero-order chi connectivity index (χ0) is 28.5. The average Bonchev–Trinajstić information content (AvgIpc) is 2.93. The topological polar surface area (TPSA) is 98.8 Å². The quantitative estimate of drug-likeness (QED) is 0.0278. The first kappa shape index (κ1) is 37.6. The van der Waals surface area contributed by atoms with E-state index in [0.29, 0.717) is 0 Å². The lowest BCUT2D eigenvalue weighted by Crippen LogP contribution is -2.16. The Morgan fingerprint density at radius 2 is 0.641 bits per heavy atom. The number of hydrogen-bond acceptors (Lipinski definition) is 9. The Morgan fingerprint density at radius 3 is 0.923 bits per heavy atom. The van der Waals surface area contributed by atoms with Crippen molar-refractivity contribution in [2.45, 2.75) is 168 Å². The van der Waals surface area contributed by atoms with E-state index >= 15 is 0 Å². The number of unbranched alkanes of at least 4 members (excludes halogenated alkanes) is 22. The van der Waals surface area contributed by atoms with Crippen LogP contribution >= 0.6 is 0 Å². The first-order chi connectivity index (χ1) is 19.2. The summed E-state index contributed by atoms with van der Waals surface area (Å²) in [6, 6.07) is 0. The van der Waals surface area contributed by atoms with Crippen molar-refractivity contribution in [1.29, 1.82) is 0 Å². The van der Waals surface area contributed by atoms with Crippen LogP contribution in [0.2, 0.25) is 0 Å². The second-order valence-electron chi connectivity index (χ2n) is 10.3. The van der Waals surface area contributed by atoms with E-state index in [-0.39, 0.29) is 13.2 Å². The van der Waals surface area contributed by atoms with Gasteiger partial charge in [-0.3, -0.25) is 0 Å². The molecule has 0 aromatic rings. The van der Waals surface area contributed by atoms with Crippen molar-refractivity contribution in [2.24, 2.45) is 0 Å². The van der Waals surface area contributed by atoms with Crippen LogP contribution in [0.15, 0.2) is 0 Å². The van der Waals surface area contributed by atoms with Gasteiger partial charge in [0.05, 0.1) is 13.2 Å². The van der Waals surface area contributed by atoms with E-state index < -0.39 is 12.3 Å². The lowest BCUT2D eigenvalue weighted by Gasteiger charge is -2.04. The normalized spacial score (nSPS) is 11.0. The predicted molar refractivity (Wildman–Crippen MR) is 150 cm³/mol. The van der Waals surface area contributed by atoms with Crippen molar-refractivity contribution in [1.82, 2.24) is 0 Å². The smallest absolute Gasteiger partial charge is 0.323 e. The van der Waals surface area contributed by atoms with E-state index in [2.05, 4.69) is 38.4 Å². The fourth-order valence-corrected chi connectivity index (χ4v) is 4.28. The summed E-state index contributed by atoms with van der Waals surface area (Å²) in [5.41, 5.74) is 0. The molecular formula is C30H58O9. The highest BCUT2D eigenvalue weighted by molar-refractivity contribution is 5.76. The molecule has 0 saturated heterocycles. The molecule has 9 heteroatoms. The minimum absolute atomic E-state index is 0.269. The van der Waals surface area contributed by atoms with Gasteiger partial charge in [0.15, 0.2) is 0 Å². The summed E-state index contributed by atoms with van der Waals surface area (Å²) in [5.74, 6) is 0. The minimum Gasteiger partial charge on any atom is -0.323 e. The molecule has 0 aromatic heterocycles. The van der Waals surface area contributed by atoms with E-state index in [9.17, 15) is 9.59 Å². The van der Waals surface area contributed by atoms with Gasteiger partial charge in [0.1, 0.15) is 0 Å². The zero-order valence-electron chi connectivity index (χ0n) is 25.1. The highest BCUT2D eigenvalue weighted by atomic mass is 17.5. The second-order valence-corrected chi connectivity index (χ2v) is 10.3. The molecule has 0 bridgehead atoms. The number of carbonyl (C=O) groups excluding carboxylic acids is 2. The Kier molecular flexibility index (Phi) is 31.6. The van der Waals surface area contributed by atoms with Gasteiger partial charge in [-0.25, -0.2) is 9.78 Å². The highest BCUT2D eigenvalue weighted by Crippen LogP contribution is 2.13. The van der Waals surface area contributed by atoms with Gasteiger partial charge in [-0.15, -0.1) is 0 Å². The molecule has 0 radical (unpaired) electrons. The molecule has 0 spiro atoms. The third-order valence-corrected chi connectivity index (χ3v) is 6.63. The molecule has 0 aliphatic heterocycles. The molecule has 0 heterocycles. The van der Waals surface area contributed by atoms with Gasteiger partial charge in [-0.2, -0.15) is 19.4 Å². The average molecular weight is 563 g/mol. The molecule has 9 nitrogen and oxygen atoms in total. The molecular weight excluding hydrogens is 504 g/mol. The Labute approximate surface area is 237 Å². The molecule has 0 aliphatic rings. The second kappa shape index (κ2) is 32.8. The molecule has 0 N–H and O–H groups in total. The molecule has 0 atom stereocenters. The van der Waals surface area contributed by atoms with Gasteiger partial charge in [-0.1, -0.05) is 155 Å². The van der Waals surface area contributed by atoms with Crippen LogP contribution in [0.3, 0.4) is 0 Å².